The van der Waals surface area contributed by atoms with E-state index in [0.29, 0.717) is 6.04 Å². The monoisotopic (exact) mass is 429 g/mol. The highest BCUT2D eigenvalue weighted by atomic mass is 16.5. The van der Waals surface area contributed by atoms with Crippen molar-refractivity contribution in [2.45, 2.75) is 64.1 Å². The van der Waals surface area contributed by atoms with Gasteiger partial charge >= 0.3 is 0 Å². The van der Waals surface area contributed by atoms with Gasteiger partial charge in [-0.25, -0.2) is 0 Å². The van der Waals surface area contributed by atoms with Crippen molar-refractivity contribution in [3.8, 4) is 5.75 Å². The minimum Gasteiger partial charge on any atom is -0.492 e. The molecule has 1 N–H and O–H groups in total. The predicted molar refractivity (Wildman–Crippen MR) is 127 cm³/mol. The van der Waals surface area contributed by atoms with E-state index in [2.05, 4.69) is 53.2 Å². The molecule has 3 heterocycles. The smallest absolute Gasteiger partial charge is 0.119 e. The number of likely N-dealkylation sites (tertiary alicyclic amines) is 1. The molecule has 3 aliphatic rings. The average Bonchev–Trinajstić information content (AvgIpc) is 3.21. The summed E-state index contributed by atoms with van der Waals surface area (Å²) >= 11 is 0. The van der Waals surface area contributed by atoms with Gasteiger partial charge in [0.15, 0.2) is 0 Å². The van der Waals surface area contributed by atoms with E-state index in [0.717, 1.165) is 68.9 Å². The largest absolute Gasteiger partial charge is 0.492 e. The fraction of sp³-hybridized carbons (Fsp3) is 0.769. The maximum Gasteiger partial charge on any atom is 0.119 e. The fourth-order valence-electron chi connectivity index (χ4n) is 5.90. The Morgan fingerprint density at radius 1 is 0.935 bits per heavy atom. The van der Waals surface area contributed by atoms with Gasteiger partial charge in [-0.2, -0.15) is 0 Å². The fourth-order valence-corrected chi connectivity index (χ4v) is 5.90. The molecule has 2 bridgehead atoms. The number of ether oxygens (including phenoxy) is 2. The highest BCUT2D eigenvalue weighted by Gasteiger charge is 2.39. The van der Waals surface area contributed by atoms with Gasteiger partial charge in [-0.3, -0.25) is 9.80 Å². The Hall–Kier alpha value is -1.14. The van der Waals surface area contributed by atoms with Crippen molar-refractivity contribution < 1.29 is 9.47 Å². The maximum absolute atomic E-state index is 5.99. The summed E-state index contributed by atoms with van der Waals surface area (Å²) in [5.74, 6) is 2.62. The number of methoxy groups -OCH3 is 1. The Labute approximate surface area is 189 Å². The van der Waals surface area contributed by atoms with Crippen LogP contribution < -0.4 is 10.1 Å². The van der Waals surface area contributed by atoms with Gasteiger partial charge in [-0.05, 0) is 68.2 Å². The van der Waals surface area contributed by atoms with Crippen LogP contribution in [0.1, 0.15) is 45.1 Å². The van der Waals surface area contributed by atoms with Crippen LogP contribution in [0.2, 0.25) is 0 Å². The first kappa shape index (κ1) is 23.0. The number of hydrogen-bond donors (Lipinski definition) is 1. The third-order valence-electron chi connectivity index (χ3n) is 7.95. The zero-order chi connectivity index (χ0) is 21.6. The van der Waals surface area contributed by atoms with Gasteiger partial charge in [0.25, 0.3) is 0 Å². The van der Waals surface area contributed by atoms with Crippen molar-refractivity contribution in [2.24, 2.45) is 11.8 Å². The zero-order valence-electron chi connectivity index (χ0n) is 19.9. The topological polar surface area (TPSA) is 37.0 Å². The standard InChI is InChI=1S/C26H43N3O2/c1-20-18-28(19-21(20)2)12-15-31-26-8-4-22(5-9-26)10-11-27-23-16-24-6-7-25(17-23)29(24)13-14-30-3/h4-5,8-9,20-21,23-25,27H,6-7,10-19H2,1-3H3. The molecule has 5 nitrogen and oxygen atoms in total. The number of nitrogens with one attached hydrogen (secondary N) is 1. The molecular formula is C26H43N3O2. The summed E-state index contributed by atoms with van der Waals surface area (Å²) in [6, 6.07) is 10.9. The maximum atomic E-state index is 5.99. The number of fused-ring (bicyclic) bond motifs is 2. The van der Waals surface area contributed by atoms with Crippen LogP contribution in [-0.2, 0) is 11.2 Å². The van der Waals surface area contributed by atoms with Crippen LogP contribution in [0.25, 0.3) is 0 Å². The number of piperidine rings is 1. The van der Waals surface area contributed by atoms with E-state index in [4.69, 9.17) is 9.47 Å². The molecule has 4 atom stereocenters. The second-order valence-electron chi connectivity index (χ2n) is 10.2. The summed E-state index contributed by atoms with van der Waals surface area (Å²) in [5, 5.41) is 3.84. The van der Waals surface area contributed by atoms with Crippen molar-refractivity contribution in [1.29, 1.82) is 0 Å². The van der Waals surface area contributed by atoms with Crippen LogP contribution in [0.15, 0.2) is 24.3 Å². The first-order chi connectivity index (χ1) is 15.1. The van der Waals surface area contributed by atoms with Gasteiger partial charge in [0.05, 0.1) is 6.61 Å². The Morgan fingerprint density at radius 2 is 1.61 bits per heavy atom. The molecule has 1 aromatic carbocycles. The molecule has 0 aromatic heterocycles. The molecule has 4 rings (SSSR count). The van der Waals surface area contributed by atoms with E-state index in [1.165, 1.54) is 44.3 Å². The van der Waals surface area contributed by atoms with E-state index < -0.39 is 0 Å². The highest BCUT2D eigenvalue weighted by molar-refractivity contribution is 5.27. The molecule has 4 unspecified atom stereocenters. The molecule has 0 radical (unpaired) electrons. The Bertz CT molecular complexity index is 643. The quantitative estimate of drug-likeness (QED) is 0.583. The average molecular weight is 430 g/mol. The van der Waals surface area contributed by atoms with Crippen LogP contribution in [0, 0.1) is 11.8 Å². The zero-order valence-corrected chi connectivity index (χ0v) is 19.9. The van der Waals surface area contributed by atoms with E-state index >= 15 is 0 Å². The highest BCUT2D eigenvalue weighted by Crippen LogP contribution is 2.35. The number of nitrogens with zero attached hydrogens (tertiary/aromatic N) is 2. The molecule has 0 spiro atoms. The first-order valence-electron chi connectivity index (χ1n) is 12.5. The van der Waals surface area contributed by atoms with Gasteiger partial charge < -0.3 is 14.8 Å². The summed E-state index contributed by atoms with van der Waals surface area (Å²) in [7, 11) is 1.81. The minimum absolute atomic E-state index is 0.676. The van der Waals surface area contributed by atoms with Crippen molar-refractivity contribution in [3.05, 3.63) is 29.8 Å². The van der Waals surface area contributed by atoms with Gasteiger partial charge in [0.1, 0.15) is 12.4 Å². The van der Waals surface area contributed by atoms with E-state index in [1.54, 1.807) is 0 Å². The van der Waals surface area contributed by atoms with Crippen LogP contribution in [0.5, 0.6) is 5.75 Å². The summed E-state index contributed by atoms with van der Waals surface area (Å²) in [6.07, 6.45) is 6.40. The van der Waals surface area contributed by atoms with Crippen molar-refractivity contribution in [3.63, 3.8) is 0 Å². The summed E-state index contributed by atoms with van der Waals surface area (Å²) in [4.78, 5) is 5.23. The van der Waals surface area contributed by atoms with Crippen molar-refractivity contribution >= 4 is 0 Å². The summed E-state index contributed by atoms with van der Waals surface area (Å²) in [5.41, 5.74) is 1.39. The van der Waals surface area contributed by atoms with Crippen LogP contribution in [0.3, 0.4) is 0 Å². The second kappa shape index (κ2) is 11.1. The molecule has 3 fully saturated rings. The van der Waals surface area contributed by atoms with Crippen LogP contribution >= 0.6 is 0 Å². The Balaban J connectivity index is 1.12. The molecule has 5 heteroatoms. The Kier molecular flexibility index (Phi) is 8.27. The van der Waals surface area contributed by atoms with E-state index in [-0.39, 0.29) is 0 Å². The summed E-state index contributed by atoms with van der Waals surface area (Å²) < 4.78 is 11.3. The van der Waals surface area contributed by atoms with Gasteiger partial charge in [0, 0.05) is 51.4 Å². The molecule has 31 heavy (non-hydrogen) atoms. The second-order valence-corrected chi connectivity index (χ2v) is 10.2. The third kappa shape index (κ3) is 6.22. The van der Waals surface area contributed by atoms with Crippen molar-refractivity contribution in [2.75, 3.05) is 53.0 Å². The van der Waals surface area contributed by atoms with Crippen LogP contribution in [0.4, 0.5) is 0 Å². The lowest BCUT2D eigenvalue weighted by Gasteiger charge is -2.39. The molecule has 174 valence electrons. The summed E-state index contributed by atoms with van der Waals surface area (Å²) in [6.45, 7) is 12.0. The van der Waals surface area contributed by atoms with E-state index in [9.17, 15) is 0 Å². The molecule has 0 aliphatic carbocycles. The molecule has 3 aliphatic heterocycles. The lowest BCUT2D eigenvalue weighted by molar-refractivity contribution is 0.0779. The molecule has 0 saturated carbocycles. The van der Waals surface area contributed by atoms with Gasteiger partial charge in [-0.1, -0.05) is 26.0 Å². The third-order valence-corrected chi connectivity index (χ3v) is 7.95. The molecular weight excluding hydrogens is 386 g/mol. The predicted octanol–water partition coefficient (Wildman–Crippen LogP) is 3.43. The normalized spacial score (nSPS) is 31.4. The van der Waals surface area contributed by atoms with Crippen molar-refractivity contribution in [1.82, 2.24) is 15.1 Å². The SMILES string of the molecule is COCCN1C2CCC1CC(NCCc1ccc(OCCN3CC(C)C(C)C3)cc1)C2. The van der Waals surface area contributed by atoms with E-state index in [1.807, 2.05) is 7.11 Å². The molecule has 1 aromatic rings. The minimum atomic E-state index is 0.676. The van der Waals surface area contributed by atoms with Gasteiger partial charge in [-0.15, -0.1) is 0 Å². The molecule has 3 saturated heterocycles. The number of rotatable bonds is 11. The lowest BCUT2D eigenvalue weighted by Crippen LogP contribution is -2.50. The Morgan fingerprint density at radius 3 is 2.26 bits per heavy atom. The van der Waals surface area contributed by atoms with Gasteiger partial charge in [0.2, 0.25) is 0 Å². The first-order valence-corrected chi connectivity index (χ1v) is 12.5. The van der Waals surface area contributed by atoms with Crippen LogP contribution in [-0.4, -0.2) is 81.0 Å². The number of hydrogen-bond acceptors (Lipinski definition) is 5. The number of benzene rings is 1. The molecule has 0 amide bonds. The lowest BCUT2D eigenvalue weighted by atomic mass is 9.97.